The van der Waals surface area contributed by atoms with Crippen LogP contribution in [0.15, 0.2) is 58.1 Å². The van der Waals surface area contributed by atoms with Gasteiger partial charge in [-0.2, -0.15) is 9.78 Å². The van der Waals surface area contributed by atoms with Gasteiger partial charge in [-0.3, -0.25) is 19.1 Å². The van der Waals surface area contributed by atoms with Crippen molar-refractivity contribution < 1.29 is 18.3 Å². The van der Waals surface area contributed by atoms with Crippen molar-refractivity contribution in [3.8, 4) is 5.69 Å². The number of morpholine rings is 1. The number of amides is 1. The maximum Gasteiger partial charge on any atom is 0.352 e. The van der Waals surface area contributed by atoms with Gasteiger partial charge in [0.15, 0.2) is 0 Å². The lowest BCUT2D eigenvalue weighted by atomic mass is 10.2. The molecule has 0 aliphatic carbocycles. The van der Waals surface area contributed by atoms with Crippen LogP contribution in [0.1, 0.15) is 16.1 Å². The summed E-state index contributed by atoms with van der Waals surface area (Å²) in [6, 6.07) is 11.0. The summed E-state index contributed by atoms with van der Waals surface area (Å²) in [4.78, 5) is 41.1. The Morgan fingerprint density at radius 2 is 1.68 bits per heavy atom. The van der Waals surface area contributed by atoms with Crippen molar-refractivity contribution in [2.45, 2.75) is 6.54 Å². The zero-order valence-electron chi connectivity index (χ0n) is 18.2. The topological polar surface area (TPSA) is 98.5 Å². The molecule has 0 atom stereocenters. The molecule has 1 aromatic heterocycles. The molecular formula is C23H23F2N5O4. The monoisotopic (exact) mass is 471 g/mol. The summed E-state index contributed by atoms with van der Waals surface area (Å²) >= 11 is 0. The fourth-order valence-electron chi connectivity index (χ4n) is 3.61. The smallest absolute Gasteiger partial charge is 0.352 e. The average molecular weight is 471 g/mol. The molecule has 0 radical (unpaired) electrons. The number of carbonyl (C=O) groups is 1. The van der Waals surface area contributed by atoms with E-state index in [1.54, 1.807) is 6.07 Å². The Hall–Kier alpha value is -3.70. The van der Waals surface area contributed by atoms with E-state index in [1.165, 1.54) is 36.4 Å². The van der Waals surface area contributed by atoms with E-state index in [0.717, 1.165) is 19.2 Å². The number of nitrogens with one attached hydrogen (secondary N) is 1. The van der Waals surface area contributed by atoms with Gasteiger partial charge < -0.3 is 10.1 Å². The largest absolute Gasteiger partial charge is 0.379 e. The van der Waals surface area contributed by atoms with Crippen LogP contribution in [-0.4, -0.2) is 64.5 Å². The number of hydrogen-bond acceptors (Lipinski definition) is 6. The lowest BCUT2D eigenvalue weighted by Crippen LogP contribution is -2.47. The fraction of sp³-hybridized carbons (Fsp3) is 0.304. The highest BCUT2D eigenvalue weighted by Crippen LogP contribution is 2.10. The zero-order valence-corrected chi connectivity index (χ0v) is 18.2. The molecule has 3 aromatic rings. The lowest BCUT2D eigenvalue weighted by Gasteiger charge is -2.26. The number of nitrogens with zero attached hydrogens (tertiary/aromatic N) is 4. The fourth-order valence-corrected chi connectivity index (χ4v) is 3.61. The van der Waals surface area contributed by atoms with E-state index in [-0.39, 0.29) is 17.8 Å². The van der Waals surface area contributed by atoms with Crippen LogP contribution in [0.25, 0.3) is 5.69 Å². The van der Waals surface area contributed by atoms with Crippen LogP contribution in [0.3, 0.4) is 0 Å². The third-order valence-corrected chi connectivity index (χ3v) is 5.46. The summed E-state index contributed by atoms with van der Waals surface area (Å²) in [5.74, 6) is -2.21. The van der Waals surface area contributed by atoms with E-state index >= 15 is 0 Å². The van der Waals surface area contributed by atoms with Crippen LogP contribution in [0.5, 0.6) is 0 Å². The third-order valence-electron chi connectivity index (χ3n) is 5.46. The van der Waals surface area contributed by atoms with Crippen molar-refractivity contribution in [2.24, 2.45) is 0 Å². The van der Waals surface area contributed by atoms with Crippen LogP contribution >= 0.6 is 0 Å². The first-order valence-corrected chi connectivity index (χ1v) is 10.8. The number of para-hydroxylation sites is 1. The molecule has 34 heavy (non-hydrogen) atoms. The van der Waals surface area contributed by atoms with Gasteiger partial charge in [0, 0.05) is 31.7 Å². The second-order valence-corrected chi connectivity index (χ2v) is 7.69. The second kappa shape index (κ2) is 10.5. The van der Waals surface area contributed by atoms with Crippen LogP contribution in [-0.2, 0) is 11.3 Å². The molecule has 0 unspecified atom stereocenters. The molecule has 1 aliphatic rings. The van der Waals surface area contributed by atoms with Gasteiger partial charge in [-0.15, -0.1) is 0 Å². The molecular weight excluding hydrogens is 448 g/mol. The summed E-state index contributed by atoms with van der Waals surface area (Å²) in [6.07, 6.45) is 0. The molecule has 2 heterocycles. The molecule has 11 heteroatoms. The minimum Gasteiger partial charge on any atom is -0.379 e. The SMILES string of the molecule is O=C(NCCN1CCOCC1)c1nn(-c2ccccc2F)c(=O)n(Cc2ccccc2F)c1=O. The number of halogens is 2. The maximum absolute atomic E-state index is 14.5. The van der Waals surface area contributed by atoms with Crippen molar-refractivity contribution in [1.82, 2.24) is 24.6 Å². The van der Waals surface area contributed by atoms with Gasteiger partial charge in [-0.05, 0) is 18.2 Å². The molecule has 1 amide bonds. The predicted octanol–water partition coefficient (Wildman–Crippen LogP) is 0.783. The predicted molar refractivity (Wildman–Crippen MR) is 119 cm³/mol. The Morgan fingerprint density at radius 1 is 1.00 bits per heavy atom. The third kappa shape index (κ3) is 5.10. The minimum atomic E-state index is -0.997. The van der Waals surface area contributed by atoms with Gasteiger partial charge in [0.05, 0.1) is 19.8 Å². The summed E-state index contributed by atoms with van der Waals surface area (Å²) < 4.78 is 35.3. The van der Waals surface area contributed by atoms with Crippen LogP contribution in [0.2, 0.25) is 0 Å². The maximum atomic E-state index is 14.5. The molecule has 2 aromatic carbocycles. The summed E-state index contributed by atoms with van der Waals surface area (Å²) in [6.45, 7) is 2.96. The number of hydrogen-bond donors (Lipinski definition) is 1. The molecule has 0 saturated carbocycles. The molecule has 1 aliphatic heterocycles. The summed E-state index contributed by atoms with van der Waals surface area (Å²) in [7, 11) is 0. The molecule has 1 saturated heterocycles. The van der Waals surface area contributed by atoms with Crippen molar-refractivity contribution in [3.63, 3.8) is 0 Å². The van der Waals surface area contributed by atoms with Gasteiger partial charge in [-0.25, -0.2) is 13.6 Å². The molecule has 0 spiro atoms. The van der Waals surface area contributed by atoms with Crippen molar-refractivity contribution in [1.29, 1.82) is 0 Å². The number of aromatic nitrogens is 3. The normalized spacial score (nSPS) is 14.2. The van der Waals surface area contributed by atoms with Crippen molar-refractivity contribution >= 4 is 5.91 Å². The highest BCUT2D eigenvalue weighted by molar-refractivity contribution is 5.91. The Kier molecular flexibility index (Phi) is 7.24. The van der Waals surface area contributed by atoms with E-state index in [1.807, 2.05) is 0 Å². The van der Waals surface area contributed by atoms with E-state index in [0.29, 0.717) is 29.0 Å². The van der Waals surface area contributed by atoms with Gasteiger partial charge >= 0.3 is 5.69 Å². The highest BCUT2D eigenvalue weighted by atomic mass is 19.1. The first kappa shape index (κ1) is 23.5. The lowest BCUT2D eigenvalue weighted by molar-refractivity contribution is 0.0383. The molecule has 4 rings (SSSR count). The Balaban J connectivity index is 1.70. The Morgan fingerprint density at radius 3 is 2.38 bits per heavy atom. The van der Waals surface area contributed by atoms with Crippen LogP contribution in [0.4, 0.5) is 8.78 Å². The van der Waals surface area contributed by atoms with Gasteiger partial charge in [0.1, 0.15) is 17.3 Å². The number of carbonyl (C=O) groups excluding carboxylic acids is 1. The molecule has 0 bridgehead atoms. The van der Waals surface area contributed by atoms with E-state index in [4.69, 9.17) is 4.74 Å². The molecule has 9 nitrogen and oxygen atoms in total. The van der Waals surface area contributed by atoms with E-state index in [9.17, 15) is 23.2 Å². The number of benzene rings is 2. The van der Waals surface area contributed by atoms with E-state index in [2.05, 4.69) is 15.3 Å². The molecule has 1 N–H and O–H groups in total. The van der Waals surface area contributed by atoms with Crippen molar-refractivity contribution in [2.75, 3.05) is 39.4 Å². The summed E-state index contributed by atoms with van der Waals surface area (Å²) in [5, 5.41) is 6.51. The Labute approximate surface area is 193 Å². The minimum absolute atomic E-state index is 0.0617. The molecule has 1 fully saturated rings. The van der Waals surface area contributed by atoms with Crippen LogP contribution in [0, 0.1) is 11.6 Å². The average Bonchev–Trinajstić information content (AvgIpc) is 2.84. The van der Waals surface area contributed by atoms with Gasteiger partial charge in [0.2, 0.25) is 5.69 Å². The number of rotatable bonds is 7. The first-order chi connectivity index (χ1) is 16.5. The van der Waals surface area contributed by atoms with Crippen molar-refractivity contribution in [3.05, 3.63) is 92.3 Å². The van der Waals surface area contributed by atoms with Gasteiger partial charge in [-0.1, -0.05) is 30.3 Å². The van der Waals surface area contributed by atoms with E-state index < -0.39 is 41.0 Å². The Bertz CT molecular complexity index is 1300. The highest BCUT2D eigenvalue weighted by Gasteiger charge is 2.22. The summed E-state index contributed by atoms with van der Waals surface area (Å²) in [5.41, 5.74) is -2.77. The van der Waals surface area contributed by atoms with Crippen LogP contribution < -0.4 is 16.6 Å². The zero-order chi connectivity index (χ0) is 24.1. The standard InChI is InChI=1S/C23H23F2N5O4/c24-17-6-2-1-5-16(17)15-29-22(32)20(21(31)26-9-10-28-11-13-34-14-12-28)27-30(23(29)33)19-8-4-3-7-18(19)25/h1-8H,9-15H2,(H,26,31). The quantitative estimate of drug-likeness (QED) is 0.547. The molecule has 178 valence electrons. The van der Waals surface area contributed by atoms with Gasteiger partial charge in [0.25, 0.3) is 11.5 Å². The second-order valence-electron chi connectivity index (χ2n) is 7.69. The number of ether oxygens (including phenoxy) is 1. The first-order valence-electron chi connectivity index (χ1n) is 10.8.